The van der Waals surface area contributed by atoms with Gasteiger partial charge in [-0.3, -0.25) is 14.5 Å². The molecule has 1 fully saturated rings. The average molecular weight is 425 g/mol. The Morgan fingerprint density at radius 2 is 1.65 bits per heavy atom. The van der Waals surface area contributed by atoms with Crippen LogP contribution in [0.25, 0.3) is 0 Å². The van der Waals surface area contributed by atoms with Gasteiger partial charge in [-0.05, 0) is 24.6 Å². The SMILES string of the molecule is Cc1ccc([C@H](CNC(=O)C(=O)Nc2ccc3c(c2)OCCO3)N2CCOCC2)cc1. The number of rotatable bonds is 5. The summed E-state index contributed by atoms with van der Waals surface area (Å²) in [5.41, 5.74) is 2.75. The van der Waals surface area contributed by atoms with E-state index in [2.05, 4.69) is 39.8 Å². The number of hydrogen-bond acceptors (Lipinski definition) is 6. The number of morpholine rings is 1. The molecule has 0 radical (unpaired) electrons. The number of nitrogens with one attached hydrogen (secondary N) is 2. The molecule has 2 aliphatic rings. The first-order valence-electron chi connectivity index (χ1n) is 10.5. The zero-order valence-electron chi connectivity index (χ0n) is 17.6. The molecule has 2 heterocycles. The lowest BCUT2D eigenvalue weighted by Gasteiger charge is -2.35. The van der Waals surface area contributed by atoms with Crippen LogP contribution < -0.4 is 20.1 Å². The summed E-state index contributed by atoms with van der Waals surface area (Å²) in [4.78, 5) is 27.2. The van der Waals surface area contributed by atoms with Crippen LogP contribution in [0.1, 0.15) is 17.2 Å². The molecule has 31 heavy (non-hydrogen) atoms. The minimum Gasteiger partial charge on any atom is -0.486 e. The minimum atomic E-state index is -0.721. The molecule has 2 aromatic carbocycles. The third-order valence-corrected chi connectivity index (χ3v) is 5.41. The van der Waals surface area contributed by atoms with E-state index in [-0.39, 0.29) is 6.04 Å². The van der Waals surface area contributed by atoms with E-state index in [1.165, 1.54) is 5.56 Å². The lowest BCUT2D eigenvalue weighted by Crippen LogP contribution is -2.45. The number of anilines is 1. The average Bonchev–Trinajstić information content (AvgIpc) is 2.81. The maximum atomic E-state index is 12.5. The van der Waals surface area contributed by atoms with Gasteiger partial charge in [0.25, 0.3) is 0 Å². The topological polar surface area (TPSA) is 89.1 Å². The van der Waals surface area contributed by atoms with Gasteiger partial charge in [-0.2, -0.15) is 0 Å². The van der Waals surface area contributed by atoms with Gasteiger partial charge in [0.2, 0.25) is 0 Å². The summed E-state index contributed by atoms with van der Waals surface area (Å²) in [7, 11) is 0. The Morgan fingerprint density at radius 3 is 2.39 bits per heavy atom. The molecule has 0 bridgehead atoms. The fourth-order valence-electron chi connectivity index (χ4n) is 3.71. The largest absolute Gasteiger partial charge is 0.486 e. The first kappa shape index (κ1) is 21.1. The summed E-state index contributed by atoms with van der Waals surface area (Å²) >= 11 is 0. The van der Waals surface area contributed by atoms with E-state index in [9.17, 15) is 9.59 Å². The maximum Gasteiger partial charge on any atom is 0.313 e. The monoisotopic (exact) mass is 425 g/mol. The van der Waals surface area contributed by atoms with Crippen LogP contribution in [-0.2, 0) is 14.3 Å². The van der Waals surface area contributed by atoms with Gasteiger partial charge < -0.3 is 24.8 Å². The molecule has 4 rings (SSSR count). The first-order valence-corrected chi connectivity index (χ1v) is 10.5. The first-order chi connectivity index (χ1) is 15.1. The van der Waals surface area contributed by atoms with Gasteiger partial charge in [0.15, 0.2) is 11.5 Å². The Bertz CT molecular complexity index is 925. The second-order valence-electron chi connectivity index (χ2n) is 7.60. The van der Waals surface area contributed by atoms with Crippen molar-refractivity contribution >= 4 is 17.5 Å². The van der Waals surface area contributed by atoms with E-state index >= 15 is 0 Å². The van der Waals surface area contributed by atoms with E-state index < -0.39 is 11.8 Å². The Labute approximate surface area is 181 Å². The second kappa shape index (κ2) is 9.80. The number of carbonyl (C=O) groups excluding carboxylic acids is 2. The van der Waals surface area contributed by atoms with Crippen molar-refractivity contribution in [3.05, 3.63) is 53.6 Å². The van der Waals surface area contributed by atoms with E-state index in [1.807, 2.05) is 6.92 Å². The molecule has 8 nitrogen and oxygen atoms in total. The molecular formula is C23H27N3O5. The van der Waals surface area contributed by atoms with Crippen LogP contribution in [0.5, 0.6) is 11.5 Å². The molecule has 2 amide bonds. The Hall–Kier alpha value is -3.10. The summed E-state index contributed by atoms with van der Waals surface area (Å²) in [6.45, 7) is 6.17. The Morgan fingerprint density at radius 1 is 0.935 bits per heavy atom. The molecule has 2 N–H and O–H groups in total. The number of aryl methyl sites for hydroxylation is 1. The van der Waals surface area contributed by atoms with Crippen molar-refractivity contribution in [2.45, 2.75) is 13.0 Å². The number of amides is 2. The third-order valence-electron chi connectivity index (χ3n) is 5.41. The quantitative estimate of drug-likeness (QED) is 0.712. The smallest absolute Gasteiger partial charge is 0.313 e. The van der Waals surface area contributed by atoms with Crippen LogP contribution in [-0.4, -0.2) is 62.8 Å². The van der Waals surface area contributed by atoms with E-state index in [0.717, 1.165) is 18.7 Å². The Balaban J connectivity index is 1.38. The van der Waals surface area contributed by atoms with Gasteiger partial charge in [0.05, 0.1) is 19.3 Å². The van der Waals surface area contributed by atoms with Crippen LogP contribution in [0, 0.1) is 6.92 Å². The molecule has 1 atom stereocenters. The van der Waals surface area contributed by atoms with Gasteiger partial charge in [-0.25, -0.2) is 0 Å². The van der Waals surface area contributed by atoms with Gasteiger partial charge in [0.1, 0.15) is 13.2 Å². The molecule has 8 heteroatoms. The second-order valence-corrected chi connectivity index (χ2v) is 7.60. The molecule has 164 valence electrons. The summed E-state index contributed by atoms with van der Waals surface area (Å²) in [6.07, 6.45) is 0. The number of benzene rings is 2. The van der Waals surface area contributed by atoms with E-state index in [4.69, 9.17) is 14.2 Å². The molecule has 0 saturated carbocycles. The van der Waals surface area contributed by atoms with Crippen LogP contribution in [0.15, 0.2) is 42.5 Å². The van der Waals surface area contributed by atoms with Gasteiger partial charge in [0, 0.05) is 31.4 Å². The van der Waals surface area contributed by atoms with Crippen molar-refractivity contribution in [1.82, 2.24) is 10.2 Å². The lowest BCUT2D eigenvalue weighted by molar-refractivity contribution is -0.136. The lowest BCUT2D eigenvalue weighted by atomic mass is 10.0. The van der Waals surface area contributed by atoms with Crippen molar-refractivity contribution in [1.29, 1.82) is 0 Å². The molecule has 0 spiro atoms. The number of carbonyl (C=O) groups is 2. The van der Waals surface area contributed by atoms with Crippen molar-refractivity contribution < 1.29 is 23.8 Å². The number of ether oxygens (including phenoxy) is 3. The van der Waals surface area contributed by atoms with Crippen molar-refractivity contribution in [2.24, 2.45) is 0 Å². The molecule has 2 aliphatic heterocycles. The molecule has 1 saturated heterocycles. The Kier molecular flexibility index (Phi) is 6.69. The highest BCUT2D eigenvalue weighted by atomic mass is 16.6. The fraction of sp³-hybridized carbons (Fsp3) is 0.391. The number of hydrogen-bond donors (Lipinski definition) is 2. The van der Waals surface area contributed by atoms with Gasteiger partial charge in [-0.15, -0.1) is 0 Å². The van der Waals surface area contributed by atoms with Crippen LogP contribution in [0.3, 0.4) is 0 Å². The summed E-state index contributed by atoms with van der Waals surface area (Å²) in [5, 5.41) is 5.41. The van der Waals surface area contributed by atoms with Crippen LogP contribution in [0.2, 0.25) is 0 Å². The third kappa shape index (κ3) is 5.34. The van der Waals surface area contributed by atoms with Crippen LogP contribution >= 0.6 is 0 Å². The molecular weight excluding hydrogens is 398 g/mol. The molecule has 0 aromatic heterocycles. The van der Waals surface area contributed by atoms with Crippen molar-refractivity contribution in [2.75, 3.05) is 51.4 Å². The van der Waals surface area contributed by atoms with Crippen molar-refractivity contribution in [3.8, 4) is 11.5 Å². The maximum absolute atomic E-state index is 12.5. The standard InChI is InChI=1S/C23H27N3O5/c1-16-2-4-17(5-3-16)19(26-8-10-29-11-9-26)15-24-22(27)23(28)25-18-6-7-20-21(14-18)31-13-12-30-20/h2-7,14,19H,8-13,15H2,1H3,(H,24,27)(H,25,28)/t19-/m0/s1. The molecule has 0 unspecified atom stereocenters. The molecule has 2 aromatic rings. The van der Waals surface area contributed by atoms with E-state index in [0.29, 0.717) is 50.2 Å². The van der Waals surface area contributed by atoms with Crippen molar-refractivity contribution in [3.63, 3.8) is 0 Å². The normalized spacial score (nSPS) is 16.9. The summed E-state index contributed by atoms with van der Waals surface area (Å²) < 4.78 is 16.5. The highest BCUT2D eigenvalue weighted by Gasteiger charge is 2.24. The predicted octanol–water partition coefficient (Wildman–Crippen LogP) is 1.89. The number of fused-ring (bicyclic) bond motifs is 1. The summed E-state index contributed by atoms with van der Waals surface area (Å²) in [5.74, 6) is -0.224. The van der Waals surface area contributed by atoms with Gasteiger partial charge in [-0.1, -0.05) is 29.8 Å². The highest BCUT2D eigenvalue weighted by molar-refractivity contribution is 6.39. The summed E-state index contributed by atoms with van der Waals surface area (Å²) in [6, 6.07) is 13.3. The van der Waals surface area contributed by atoms with Crippen LogP contribution in [0.4, 0.5) is 5.69 Å². The highest BCUT2D eigenvalue weighted by Crippen LogP contribution is 2.32. The molecule has 0 aliphatic carbocycles. The van der Waals surface area contributed by atoms with Gasteiger partial charge >= 0.3 is 11.8 Å². The number of nitrogens with zero attached hydrogens (tertiary/aromatic N) is 1. The predicted molar refractivity (Wildman–Crippen MR) is 115 cm³/mol. The fourth-order valence-corrected chi connectivity index (χ4v) is 3.71. The van der Waals surface area contributed by atoms with E-state index in [1.54, 1.807) is 18.2 Å². The zero-order chi connectivity index (χ0) is 21.6. The zero-order valence-corrected chi connectivity index (χ0v) is 17.6. The minimum absolute atomic E-state index is 0.0319.